The lowest BCUT2D eigenvalue weighted by Crippen LogP contribution is -2.61. The zero-order valence-electron chi connectivity index (χ0n) is 22.8. The van der Waals surface area contributed by atoms with Crippen LogP contribution in [0.5, 0.6) is 11.5 Å². The summed E-state index contributed by atoms with van der Waals surface area (Å²) in [5.41, 5.74) is 0.690. The van der Waals surface area contributed by atoms with Crippen LogP contribution in [0.1, 0.15) is 21.5 Å². The highest BCUT2D eigenvalue weighted by Crippen LogP contribution is 2.36. The van der Waals surface area contributed by atoms with Crippen molar-refractivity contribution in [1.29, 1.82) is 0 Å². The third-order valence-electron chi connectivity index (χ3n) is 7.18. The Morgan fingerprint density at radius 1 is 1.02 bits per heavy atom. The number of hydrogen-bond donors (Lipinski definition) is 2. The van der Waals surface area contributed by atoms with Crippen molar-refractivity contribution < 1.29 is 50.5 Å². The number of alkyl halides is 6. The van der Waals surface area contributed by atoms with Crippen LogP contribution in [0.2, 0.25) is 0 Å². The second-order valence-corrected chi connectivity index (χ2v) is 11.1. The van der Waals surface area contributed by atoms with Gasteiger partial charge in [0.15, 0.2) is 6.61 Å². The van der Waals surface area contributed by atoms with Crippen molar-refractivity contribution in [2.24, 2.45) is 0 Å². The fourth-order valence-corrected chi connectivity index (χ4v) is 5.61. The number of aryl methyl sites for hydroxylation is 1. The van der Waals surface area contributed by atoms with Gasteiger partial charge in [-0.05, 0) is 82.0 Å². The van der Waals surface area contributed by atoms with E-state index >= 15 is 0 Å². The number of anilines is 1. The molecule has 0 saturated carbocycles. The molecule has 2 heterocycles. The van der Waals surface area contributed by atoms with E-state index in [0.717, 1.165) is 24.3 Å². The van der Waals surface area contributed by atoms with Gasteiger partial charge in [-0.25, -0.2) is 0 Å². The molecule has 8 nitrogen and oxygen atoms in total. The molecule has 0 radical (unpaired) electrons. The summed E-state index contributed by atoms with van der Waals surface area (Å²) in [6.07, 6.45) is -10.7. The maximum absolute atomic E-state index is 13.6. The number of benzene rings is 3. The number of carbonyl (C=O) groups is 2. The number of carbonyl (C=O) groups excluding carboxylic acids is 2. The SMILES string of the molecule is Cc1cc(-c2ccc3c(c2)C(=O)N2CCN(C(=O)COc4ccc(OC(F)(F)F)cc4Br)C[C@H]2C(O)N3)cc(C(F)(F)F)c1. The Labute approximate surface area is 255 Å². The van der Waals surface area contributed by atoms with Gasteiger partial charge in [-0.3, -0.25) is 9.59 Å². The van der Waals surface area contributed by atoms with Crippen LogP contribution in [-0.4, -0.2) is 71.6 Å². The lowest BCUT2D eigenvalue weighted by Gasteiger charge is -2.42. The van der Waals surface area contributed by atoms with E-state index in [9.17, 15) is 41.0 Å². The first kappa shape index (κ1) is 31.4. The number of halogens is 7. The van der Waals surface area contributed by atoms with Crippen molar-refractivity contribution in [2.75, 3.05) is 31.6 Å². The second-order valence-electron chi connectivity index (χ2n) is 10.3. The van der Waals surface area contributed by atoms with Crippen molar-refractivity contribution in [3.8, 4) is 22.6 Å². The molecule has 2 aliphatic rings. The van der Waals surface area contributed by atoms with E-state index in [0.29, 0.717) is 11.1 Å². The maximum Gasteiger partial charge on any atom is 0.573 e. The van der Waals surface area contributed by atoms with Crippen molar-refractivity contribution >= 4 is 33.4 Å². The van der Waals surface area contributed by atoms with Gasteiger partial charge in [0, 0.05) is 25.3 Å². The van der Waals surface area contributed by atoms with Crippen molar-refractivity contribution in [2.45, 2.75) is 31.7 Å². The fraction of sp³-hybridized carbons (Fsp3) is 0.310. The third-order valence-corrected chi connectivity index (χ3v) is 7.80. The molecule has 3 aromatic carbocycles. The van der Waals surface area contributed by atoms with Gasteiger partial charge in [0.05, 0.1) is 21.6 Å². The van der Waals surface area contributed by atoms with Gasteiger partial charge in [-0.15, -0.1) is 13.2 Å². The predicted octanol–water partition coefficient (Wildman–Crippen LogP) is 5.82. The lowest BCUT2D eigenvalue weighted by molar-refractivity contribution is -0.274. The minimum atomic E-state index is -4.87. The molecule has 1 saturated heterocycles. The zero-order chi connectivity index (χ0) is 32.0. The van der Waals surface area contributed by atoms with E-state index in [-0.39, 0.29) is 46.7 Å². The summed E-state index contributed by atoms with van der Waals surface area (Å²) in [4.78, 5) is 29.4. The highest BCUT2D eigenvalue weighted by Gasteiger charge is 2.40. The predicted molar refractivity (Wildman–Crippen MR) is 149 cm³/mol. The van der Waals surface area contributed by atoms with Gasteiger partial charge < -0.3 is 29.7 Å². The average molecular weight is 688 g/mol. The Hall–Kier alpha value is -3.98. The highest BCUT2D eigenvalue weighted by atomic mass is 79.9. The fourth-order valence-electron chi connectivity index (χ4n) is 5.14. The first-order valence-electron chi connectivity index (χ1n) is 13.1. The summed E-state index contributed by atoms with van der Waals surface area (Å²) in [6.45, 7) is 1.16. The summed E-state index contributed by atoms with van der Waals surface area (Å²) in [5, 5.41) is 13.8. The molecule has 0 spiro atoms. The largest absolute Gasteiger partial charge is 0.573 e. The minimum Gasteiger partial charge on any atom is -0.483 e. The molecule has 234 valence electrons. The van der Waals surface area contributed by atoms with Crippen LogP contribution < -0.4 is 14.8 Å². The van der Waals surface area contributed by atoms with E-state index in [1.165, 1.54) is 28.0 Å². The van der Waals surface area contributed by atoms with Crippen LogP contribution in [0.3, 0.4) is 0 Å². The van der Waals surface area contributed by atoms with Crippen molar-refractivity contribution in [3.63, 3.8) is 0 Å². The van der Waals surface area contributed by atoms with Gasteiger partial charge in [-0.1, -0.05) is 12.1 Å². The Morgan fingerprint density at radius 2 is 1.77 bits per heavy atom. The lowest BCUT2D eigenvalue weighted by atomic mass is 9.97. The summed E-state index contributed by atoms with van der Waals surface area (Å²) in [5.74, 6) is -1.33. The van der Waals surface area contributed by atoms with Crippen LogP contribution in [0.15, 0.2) is 59.1 Å². The number of hydrogen-bond acceptors (Lipinski definition) is 6. The number of piperazine rings is 1. The average Bonchev–Trinajstić information content (AvgIpc) is 3.04. The van der Waals surface area contributed by atoms with Crippen LogP contribution in [0.25, 0.3) is 11.1 Å². The number of aliphatic hydroxyl groups is 1. The number of rotatable bonds is 5. The normalized spacial score (nSPS) is 18.6. The first-order valence-corrected chi connectivity index (χ1v) is 13.9. The Kier molecular flexibility index (Phi) is 8.46. The molecule has 2 aliphatic heterocycles. The van der Waals surface area contributed by atoms with Crippen LogP contribution in [-0.2, 0) is 11.0 Å². The molecule has 2 atom stereocenters. The van der Waals surface area contributed by atoms with E-state index in [1.807, 2.05) is 0 Å². The molecular formula is C29H24BrF6N3O5. The number of nitrogens with one attached hydrogen (secondary N) is 1. The monoisotopic (exact) mass is 687 g/mol. The standard InChI is InChI=1S/C29H24BrF6N3O5/c1-15-8-17(10-18(9-15)28(31,32)33)16-2-4-22-20(11-16)27(42)39-7-6-38(13-23(39)26(41)37-22)25(40)14-43-24-5-3-19(12-21(24)30)44-29(34,35)36/h2-5,8-12,23,26,37,41H,6-7,13-14H2,1H3/t23-,26?/m0/s1. The van der Waals surface area contributed by atoms with E-state index in [4.69, 9.17) is 4.74 Å². The first-order chi connectivity index (χ1) is 20.6. The Morgan fingerprint density at radius 3 is 2.45 bits per heavy atom. The quantitative estimate of drug-likeness (QED) is 0.329. The Balaban J connectivity index is 1.29. The molecule has 44 heavy (non-hydrogen) atoms. The smallest absolute Gasteiger partial charge is 0.483 e. The molecule has 3 aromatic rings. The molecule has 2 N–H and O–H groups in total. The second kappa shape index (κ2) is 11.8. The molecule has 0 aliphatic carbocycles. The molecule has 5 rings (SSSR count). The summed E-state index contributed by atoms with van der Waals surface area (Å²) in [6, 6.07) is 10.6. The minimum absolute atomic E-state index is 0.0491. The molecule has 15 heteroatoms. The molecule has 0 aromatic heterocycles. The summed E-state index contributed by atoms with van der Waals surface area (Å²) < 4.78 is 87.1. The number of ether oxygens (including phenoxy) is 2. The van der Waals surface area contributed by atoms with Crippen LogP contribution in [0, 0.1) is 6.92 Å². The highest BCUT2D eigenvalue weighted by molar-refractivity contribution is 9.10. The summed E-state index contributed by atoms with van der Waals surface area (Å²) in [7, 11) is 0. The summed E-state index contributed by atoms with van der Waals surface area (Å²) >= 11 is 3.09. The molecule has 2 amide bonds. The van der Waals surface area contributed by atoms with Crippen molar-refractivity contribution in [1.82, 2.24) is 9.80 Å². The van der Waals surface area contributed by atoms with E-state index in [2.05, 4.69) is 26.0 Å². The Bertz CT molecular complexity index is 1600. The molecule has 1 unspecified atom stereocenters. The maximum atomic E-state index is 13.6. The van der Waals surface area contributed by atoms with E-state index < -0.39 is 54.5 Å². The third kappa shape index (κ3) is 6.88. The number of fused-ring (bicyclic) bond motifs is 2. The number of amides is 2. The van der Waals surface area contributed by atoms with Gasteiger partial charge >= 0.3 is 12.5 Å². The van der Waals surface area contributed by atoms with Crippen LogP contribution >= 0.6 is 15.9 Å². The molecular weight excluding hydrogens is 664 g/mol. The number of nitrogens with zero attached hydrogens (tertiary/aromatic N) is 2. The molecule has 0 bridgehead atoms. The molecule has 1 fully saturated rings. The van der Waals surface area contributed by atoms with Gasteiger partial charge in [0.2, 0.25) is 0 Å². The van der Waals surface area contributed by atoms with E-state index in [1.54, 1.807) is 19.1 Å². The van der Waals surface area contributed by atoms with Gasteiger partial charge in [-0.2, -0.15) is 13.2 Å². The zero-order valence-corrected chi connectivity index (χ0v) is 24.4. The van der Waals surface area contributed by atoms with Gasteiger partial charge in [0.25, 0.3) is 11.8 Å². The van der Waals surface area contributed by atoms with Crippen molar-refractivity contribution in [3.05, 3.63) is 75.8 Å². The topological polar surface area (TPSA) is 91.3 Å². The van der Waals surface area contributed by atoms with Crippen LogP contribution in [0.4, 0.5) is 32.0 Å². The van der Waals surface area contributed by atoms with Gasteiger partial charge in [0.1, 0.15) is 17.7 Å². The number of aliphatic hydroxyl groups excluding tert-OH is 1.